The van der Waals surface area contributed by atoms with E-state index in [9.17, 15) is 4.79 Å². The smallest absolute Gasteiger partial charge is 0.212 e. The van der Waals surface area contributed by atoms with Crippen molar-refractivity contribution in [3.8, 4) is 16.4 Å². The molecule has 0 N–H and O–H groups in total. The van der Waals surface area contributed by atoms with Crippen molar-refractivity contribution in [1.82, 2.24) is 20.0 Å². The van der Waals surface area contributed by atoms with E-state index in [1.165, 1.54) is 11.3 Å². The zero-order valence-corrected chi connectivity index (χ0v) is 12.9. The van der Waals surface area contributed by atoms with Crippen LogP contribution in [0.15, 0.2) is 24.3 Å². The molecule has 0 saturated heterocycles. The number of thiazole rings is 1. The summed E-state index contributed by atoms with van der Waals surface area (Å²) in [7, 11) is 0. The lowest BCUT2D eigenvalue weighted by atomic mass is 10.1. The van der Waals surface area contributed by atoms with Crippen LogP contribution >= 0.6 is 22.9 Å². The van der Waals surface area contributed by atoms with Gasteiger partial charge >= 0.3 is 0 Å². The van der Waals surface area contributed by atoms with Crippen molar-refractivity contribution in [2.24, 2.45) is 0 Å². The number of benzene rings is 1. The minimum Gasteiger partial charge on any atom is -0.296 e. The number of hydrogen-bond donors (Lipinski definition) is 0. The summed E-state index contributed by atoms with van der Waals surface area (Å²) in [6, 6.07) is 7.23. The highest BCUT2D eigenvalue weighted by atomic mass is 35.5. The monoisotopic (exact) mass is 318 g/mol. The molecule has 0 fully saturated rings. The molecule has 0 bridgehead atoms. The van der Waals surface area contributed by atoms with E-state index < -0.39 is 0 Å². The molecule has 0 amide bonds. The average Bonchev–Trinajstić information content (AvgIpc) is 3.03. The Hall–Kier alpha value is -2.05. The molecule has 2 heterocycles. The third kappa shape index (κ3) is 2.48. The predicted molar refractivity (Wildman–Crippen MR) is 82.3 cm³/mol. The number of rotatable bonds is 3. The molecule has 7 heteroatoms. The summed E-state index contributed by atoms with van der Waals surface area (Å²) in [5, 5.41) is 9.25. The van der Waals surface area contributed by atoms with Gasteiger partial charge in [-0.05, 0) is 26.0 Å². The Morgan fingerprint density at radius 1 is 1.33 bits per heavy atom. The molecular weight excluding hydrogens is 308 g/mol. The predicted octanol–water partition coefficient (Wildman–Crippen LogP) is 3.47. The summed E-state index contributed by atoms with van der Waals surface area (Å²) in [4.78, 5) is 16.8. The fourth-order valence-electron chi connectivity index (χ4n) is 1.96. The first kappa shape index (κ1) is 13.9. The van der Waals surface area contributed by atoms with Crippen LogP contribution < -0.4 is 0 Å². The molecule has 1 aromatic carbocycles. The van der Waals surface area contributed by atoms with Crippen LogP contribution in [0.25, 0.3) is 16.4 Å². The summed E-state index contributed by atoms with van der Waals surface area (Å²) >= 11 is 7.54. The molecule has 0 spiro atoms. The fourth-order valence-corrected chi connectivity index (χ4v) is 3.01. The van der Waals surface area contributed by atoms with Crippen molar-refractivity contribution in [3.63, 3.8) is 0 Å². The van der Waals surface area contributed by atoms with Gasteiger partial charge in [-0.1, -0.05) is 40.3 Å². The van der Waals surface area contributed by atoms with Crippen molar-refractivity contribution < 1.29 is 4.79 Å². The van der Waals surface area contributed by atoms with E-state index in [2.05, 4.69) is 15.3 Å². The number of nitrogens with zero attached hydrogens (tertiary/aromatic N) is 4. The highest BCUT2D eigenvalue weighted by Crippen LogP contribution is 2.29. The number of carbonyl (C=O) groups is 1. The molecular formula is C14H11ClN4OS. The highest BCUT2D eigenvalue weighted by Gasteiger charge is 2.18. The number of hydrogen-bond acceptors (Lipinski definition) is 5. The largest absolute Gasteiger partial charge is 0.296 e. The summed E-state index contributed by atoms with van der Waals surface area (Å²) in [6.07, 6.45) is 0.688. The number of aromatic nitrogens is 4. The van der Waals surface area contributed by atoms with Gasteiger partial charge in [-0.3, -0.25) is 4.79 Å². The Labute approximate surface area is 130 Å². The van der Waals surface area contributed by atoms with Gasteiger partial charge in [0.05, 0.1) is 5.69 Å². The Morgan fingerprint density at radius 2 is 2.14 bits per heavy atom. The van der Waals surface area contributed by atoms with Crippen LogP contribution in [0, 0.1) is 13.8 Å². The molecule has 3 rings (SSSR count). The lowest BCUT2D eigenvalue weighted by molar-refractivity contribution is 0.111. The quantitative estimate of drug-likeness (QED) is 0.694. The average molecular weight is 319 g/mol. The van der Waals surface area contributed by atoms with Crippen LogP contribution in [-0.4, -0.2) is 26.3 Å². The fraction of sp³-hybridized carbons (Fsp3) is 0.143. The summed E-state index contributed by atoms with van der Waals surface area (Å²) in [5.74, 6) is 0. The Kier molecular flexibility index (Phi) is 3.57. The van der Waals surface area contributed by atoms with E-state index in [-0.39, 0.29) is 5.69 Å². The van der Waals surface area contributed by atoms with E-state index in [1.54, 1.807) is 16.8 Å². The van der Waals surface area contributed by atoms with Gasteiger partial charge in [0.25, 0.3) is 0 Å². The second kappa shape index (κ2) is 5.38. The van der Waals surface area contributed by atoms with E-state index in [0.29, 0.717) is 22.1 Å². The second-order valence-corrected chi connectivity index (χ2v) is 6.12. The molecule has 0 unspecified atom stereocenters. The molecule has 0 atom stereocenters. The van der Waals surface area contributed by atoms with Crippen molar-refractivity contribution in [3.05, 3.63) is 45.6 Å². The number of aryl methyl sites for hydroxylation is 2. The molecule has 0 aliphatic heterocycles. The summed E-state index contributed by atoms with van der Waals surface area (Å²) in [5.41, 5.74) is 2.58. The number of carbonyl (C=O) groups excluding carboxylic acids is 1. The van der Waals surface area contributed by atoms with Gasteiger partial charge in [0.2, 0.25) is 5.13 Å². The van der Waals surface area contributed by atoms with Crippen molar-refractivity contribution in [2.45, 2.75) is 13.8 Å². The molecule has 5 nitrogen and oxygen atoms in total. The lowest BCUT2D eigenvalue weighted by Gasteiger charge is -2.04. The van der Waals surface area contributed by atoms with Crippen LogP contribution in [0.2, 0.25) is 5.02 Å². The van der Waals surface area contributed by atoms with E-state index >= 15 is 0 Å². The minimum absolute atomic E-state index is 0.266. The first-order valence-electron chi connectivity index (χ1n) is 6.21. The standard InChI is InChI=1S/C14H11ClN4OS/c1-8-9(2)21-14(16-8)19-13(12(7-20)17-18-19)10-4-3-5-11(15)6-10/h3-7H,1-2H3. The van der Waals surface area contributed by atoms with E-state index in [1.807, 2.05) is 26.0 Å². The first-order valence-corrected chi connectivity index (χ1v) is 7.41. The van der Waals surface area contributed by atoms with Crippen LogP contribution in [-0.2, 0) is 0 Å². The van der Waals surface area contributed by atoms with Crippen LogP contribution in [0.1, 0.15) is 21.1 Å². The first-order chi connectivity index (χ1) is 10.1. The third-order valence-corrected chi connectivity index (χ3v) is 4.39. The van der Waals surface area contributed by atoms with Gasteiger partial charge in [0.15, 0.2) is 12.0 Å². The van der Waals surface area contributed by atoms with Crippen LogP contribution in [0.4, 0.5) is 0 Å². The van der Waals surface area contributed by atoms with Gasteiger partial charge in [0.1, 0.15) is 5.69 Å². The zero-order valence-electron chi connectivity index (χ0n) is 11.4. The maximum absolute atomic E-state index is 11.2. The minimum atomic E-state index is 0.266. The van der Waals surface area contributed by atoms with Crippen LogP contribution in [0.3, 0.4) is 0 Å². The second-order valence-electron chi connectivity index (χ2n) is 4.50. The molecule has 106 valence electrons. The normalized spacial score (nSPS) is 10.8. The SMILES string of the molecule is Cc1nc(-n2nnc(C=O)c2-c2cccc(Cl)c2)sc1C. The number of aldehydes is 1. The molecule has 0 aliphatic carbocycles. The molecule has 2 aromatic heterocycles. The summed E-state index contributed by atoms with van der Waals surface area (Å²) in [6.45, 7) is 3.93. The van der Waals surface area contributed by atoms with E-state index in [4.69, 9.17) is 11.6 Å². The van der Waals surface area contributed by atoms with Gasteiger partial charge in [0, 0.05) is 15.5 Å². The highest BCUT2D eigenvalue weighted by molar-refractivity contribution is 7.14. The topological polar surface area (TPSA) is 60.7 Å². The Balaban J connectivity index is 2.23. The number of halogens is 1. The molecule has 3 aromatic rings. The summed E-state index contributed by atoms with van der Waals surface area (Å²) < 4.78 is 1.58. The molecule has 21 heavy (non-hydrogen) atoms. The molecule has 0 radical (unpaired) electrons. The van der Waals surface area contributed by atoms with Gasteiger partial charge in [-0.25, -0.2) is 4.98 Å². The maximum Gasteiger partial charge on any atom is 0.212 e. The zero-order chi connectivity index (χ0) is 15.0. The molecule has 0 saturated carbocycles. The van der Waals surface area contributed by atoms with Crippen LogP contribution in [0.5, 0.6) is 0 Å². The Bertz CT molecular complexity index is 805. The van der Waals surface area contributed by atoms with Crippen molar-refractivity contribution >= 4 is 29.2 Å². The van der Waals surface area contributed by atoms with Crippen molar-refractivity contribution in [1.29, 1.82) is 0 Å². The third-order valence-electron chi connectivity index (χ3n) is 3.10. The van der Waals surface area contributed by atoms with Crippen molar-refractivity contribution in [2.75, 3.05) is 0 Å². The van der Waals surface area contributed by atoms with Gasteiger partial charge in [-0.2, -0.15) is 4.68 Å². The lowest BCUT2D eigenvalue weighted by Crippen LogP contribution is -1.99. The van der Waals surface area contributed by atoms with Gasteiger partial charge in [-0.15, -0.1) is 5.10 Å². The Morgan fingerprint density at radius 3 is 2.76 bits per heavy atom. The maximum atomic E-state index is 11.2. The van der Waals surface area contributed by atoms with Gasteiger partial charge < -0.3 is 0 Å². The van der Waals surface area contributed by atoms with E-state index in [0.717, 1.165) is 16.1 Å². The molecule has 0 aliphatic rings.